The molecule has 1 saturated heterocycles. The zero-order chi connectivity index (χ0) is 18.4. The van der Waals surface area contributed by atoms with E-state index in [0.29, 0.717) is 5.75 Å². The summed E-state index contributed by atoms with van der Waals surface area (Å²) in [4.78, 5) is 45.9. The van der Waals surface area contributed by atoms with Gasteiger partial charge in [-0.05, 0) is 13.0 Å². The van der Waals surface area contributed by atoms with E-state index in [2.05, 4.69) is 10.6 Å². The van der Waals surface area contributed by atoms with Gasteiger partial charge >= 0.3 is 5.97 Å². The number of benzene rings is 1. The molecule has 9 nitrogen and oxygen atoms in total. The molecular weight excluding hydrogens is 350 g/mol. The highest BCUT2D eigenvalue weighted by Crippen LogP contribution is 2.23. The number of nitro benzene ring substituents is 1. The third-order valence-electron chi connectivity index (χ3n) is 3.36. The second-order valence-electron chi connectivity index (χ2n) is 5.19. The lowest BCUT2D eigenvalue weighted by molar-refractivity contribution is -0.384. The first-order valence-electron chi connectivity index (χ1n) is 7.53. The minimum Gasteiger partial charge on any atom is -0.464 e. The molecule has 2 unspecified atom stereocenters. The van der Waals surface area contributed by atoms with Crippen molar-refractivity contribution in [2.75, 3.05) is 17.7 Å². The van der Waals surface area contributed by atoms with Crippen LogP contribution in [0.2, 0.25) is 0 Å². The first kappa shape index (κ1) is 18.7. The number of thioether (sulfide) groups is 1. The van der Waals surface area contributed by atoms with Gasteiger partial charge < -0.3 is 15.4 Å². The number of anilines is 1. The number of nitrogens with zero attached hydrogens (tertiary/aromatic N) is 1. The summed E-state index contributed by atoms with van der Waals surface area (Å²) in [5, 5.41) is 15.2. The number of rotatable bonds is 6. The van der Waals surface area contributed by atoms with E-state index < -0.39 is 34.0 Å². The van der Waals surface area contributed by atoms with Crippen molar-refractivity contribution >= 4 is 40.9 Å². The first-order valence-corrected chi connectivity index (χ1v) is 8.58. The molecule has 0 saturated carbocycles. The lowest BCUT2D eigenvalue weighted by atomic mass is 10.2. The fourth-order valence-electron chi connectivity index (χ4n) is 2.19. The van der Waals surface area contributed by atoms with E-state index in [1.807, 2.05) is 0 Å². The molecule has 2 N–H and O–H groups in total. The lowest BCUT2D eigenvalue weighted by Crippen LogP contribution is -2.51. The van der Waals surface area contributed by atoms with Crippen LogP contribution < -0.4 is 10.6 Å². The maximum atomic E-state index is 12.1. The molecule has 2 amide bonds. The standard InChI is InChI=1S/C15H17N3O6S/c1-2-24-15(21)11-8-25-12(14(20)17-11)7-13(19)16-9-4-3-5-10(6-9)18(22)23/h3-6,11-12H,2,7-8H2,1H3,(H,16,19)(H,17,20). The van der Waals surface area contributed by atoms with Crippen LogP contribution >= 0.6 is 11.8 Å². The van der Waals surface area contributed by atoms with Crippen molar-refractivity contribution in [1.29, 1.82) is 0 Å². The number of nitro groups is 1. The topological polar surface area (TPSA) is 128 Å². The SMILES string of the molecule is CCOC(=O)C1CSC(CC(=O)Nc2cccc([N+](=O)[O-])c2)C(=O)N1. The van der Waals surface area contributed by atoms with Crippen molar-refractivity contribution < 1.29 is 24.0 Å². The summed E-state index contributed by atoms with van der Waals surface area (Å²) in [5.41, 5.74) is 0.143. The highest BCUT2D eigenvalue weighted by Gasteiger charge is 2.34. The normalized spacial score (nSPS) is 19.6. The van der Waals surface area contributed by atoms with Gasteiger partial charge in [0.25, 0.3) is 5.69 Å². The highest BCUT2D eigenvalue weighted by atomic mass is 32.2. The number of esters is 1. The number of amides is 2. The fourth-order valence-corrected chi connectivity index (χ4v) is 3.33. The molecule has 1 aromatic rings. The molecule has 0 bridgehead atoms. The van der Waals surface area contributed by atoms with Crippen LogP contribution in [0.25, 0.3) is 0 Å². The summed E-state index contributed by atoms with van der Waals surface area (Å²) in [7, 11) is 0. The Kier molecular flexibility index (Phi) is 6.34. The Balaban J connectivity index is 1.89. The second kappa shape index (κ2) is 8.47. The Morgan fingerprint density at radius 2 is 2.24 bits per heavy atom. The number of carbonyl (C=O) groups is 3. The van der Waals surface area contributed by atoms with E-state index in [-0.39, 0.29) is 24.4 Å². The van der Waals surface area contributed by atoms with E-state index in [1.54, 1.807) is 6.92 Å². The number of nitrogens with one attached hydrogen (secondary N) is 2. The van der Waals surface area contributed by atoms with Crippen molar-refractivity contribution in [3.8, 4) is 0 Å². The zero-order valence-corrected chi connectivity index (χ0v) is 14.2. The Morgan fingerprint density at radius 1 is 1.48 bits per heavy atom. The number of carbonyl (C=O) groups excluding carboxylic acids is 3. The average molecular weight is 367 g/mol. The van der Waals surface area contributed by atoms with E-state index in [1.165, 1.54) is 36.0 Å². The monoisotopic (exact) mass is 367 g/mol. The molecule has 1 fully saturated rings. The van der Waals surface area contributed by atoms with Gasteiger partial charge in [0.1, 0.15) is 6.04 Å². The molecule has 0 aromatic heterocycles. The predicted molar refractivity (Wildman–Crippen MR) is 91.2 cm³/mol. The van der Waals surface area contributed by atoms with Gasteiger partial charge in [-0.25, -0.2) is 4.79 Å². The van der Waals surface area contributed by atoms with Gasteiger partial charge in [-0.1, -0.05) is 6.07 Å². The third kappa shape index (κ3) is 5.18. The van der Waals surface area contributed by atoms with Crippen molar-refractivity contribution in [3.63, 3.8) is 0 Å². The molecule has 0 radical (unpaired) electrons. The van der Waals surface area contributed by atoms with Gasteiger partial charge in [0.2, 0.25) is 11.8 Å². The van der Waals surface area contributed by atoms with Crippen molar-refractivity contribution in [3.05, 3.63) is 34.4 Å². The molecule has 1 aliphatic rings. The minimum atomic E-state index is -0.714. The van der Waals surface area contributed by atoms with Crippen LogP contribution in [0.5, 0.6) is 0 Å². The Hall–Kier alpha value is -2.62. The Bertz CT molecular complexity index is 696. The van der Waals surface area contributed by atoms with Crippen LogP contribution in [0.15, 0.2) is 24.3 Å². The summed E-state index contributed by atoms with van der Waals surface area (Å²) in [6.45, 7) is 1.90. The van der Waals surface area contributed by atoms with Gasteiger partial charge in [-0.3, -0.25) is 19.7 Å². The van der Waals surface area contributed by atoms with Gasteiger partial charge in [0, 0.05) is 30.0 Å². The number of non-ortho nitro benzene ring substituents is 1. The van der Waals surface area contributed by atoms with E-state index in [0.717, 1.165) is 0 Å². The van der Waals surface area contributed by atoms with Crippen molar-refractivity contribution in [1.82, 2.24) is 5.32 Å². The maximum absolute atomic E-state index is 12.1. The number of ether oxygens (including phenoxy) is 1. The maximum Gasteiger partial charge on any atom is 0.329 e. The van der Waals surface area contributed by atoms with Crippen molar-refractivity contribution in [2.24, 2.45) is 0 Å². The number of hydrogen-bond donors (Lipinski definition) is 2. The summed E-state index contributed by atoms with van der Waals surface area (Å²) < 4.78 is 4.85. The van der Waals surface area contributed by atoms with Gasteiger partial charge in [0.15, 0.2) is 0 Å². The molecular formula is C15H17N3O6S. The minimum absolute atomic E-state index is 0.102. The molecule has 25 heavy (non-hydrogen) atoms. The van der Waals surface area contributed by atoms with Gasteiger partial charge in [0.05, 0.1) is 16.8 Å². The Labute approximate surface area is 147 Å². The van der Waals surface area contributed by atoms with Crippen LogP contribution in [-0.2, 0) is 19.1 Å². The van der Waals surface area contributed by atoms with Gasteiger partial charge in [-0.2, -0.15) is 0 Å². The molecule has 0 spiro atoms. The molecule has 1 heterocycles. The largest absolute Gasteiger partial charge is 0.464 e. The van der Waals surface area contributed by atoms with E-state index in [9.17, 15) is 24.5 Å². The van der Waals surface area contributed by atoms with E-state index >= 15 is 0 Å². The van der Waals surface area contributed by atoms with Gasteiger partial charge in [-0.15, -0.1) is 11.8 Å². The summed E-state index contributed by atoms with van der Waals surface area (Å²) in [6.07, 6.45) is -0.102. The number of hydrogen-bond acceptors (Lipinski definition) is 7. The molecule has 1 aliphatic heterocycles. The summed E-state index contributed by atoms with van der Waals surface area (Å²) in [6, 6.07) is 4.82. The van der Waals surface area contributed by atoms with Crippen molar-refractivity contribution in [2.45, 2.75) is 24.6 Å². The molecule has 134 valence electrons. The Morgan fingerprint density at radius 3 is 2.88 bits per heavy atom. The highest BCUT2D eigenvalue weighted by molar-refractivity contribution is 8.00. The average Bonchev–Trinajstić information content (AvgIpc) is 2.57. The second-order valence-corrected chi connectivity index (χ2v) is 6.43. The van der Waals surface area contributed by atoms with Crippen LogP contribution in [0.4, 0.5) is 11.4 Å². The van der Waals surface area contributed by atoms with Crippen LogP contribution in [0.3, 0.4) is 0 Å². The van der Waals surface area contributed by atoms with E-state index in [4.69, 9.17) is 4.74 Å². The summed E-state index contributed by atoms with van der Waals surface area (Å²) in [5.74, 6) is -1.03. The van der Waals surface area contributed by atoms with Crippen LogP contribution in [-0.4, -0.2) is 46.4 Å². The fraction of sp³-hybridized carbons (Fsp3) is 0.400. The molecule has 2 rings (SSSR count). The lowest BCUT2D eigenvalue weighted by Gasteiger charge is -2.27. The summed E-state index contributed by atoms with van der Waals surface area (Å²) >= 11 is 1.20. The quantitative estimate of drug-likeness (QED) is 0.437. The first-order chi connectivity index (χ1) is 11.9. The molecule has 2 atom stereocenters. The predicted octanol–water partition coefficient (Wildman–Crippen LogP) is 1.09. The third-order valence-corrected chi connectivity index (χ3v) is 4.66. The molecule has 1 aromatic carbocycles. The molecule has 10 heteroatoms. The smallest absolute Gasteiger partial charge is 0.329 e. The van der Waals surface area contributed by atoms with Crippen LogP contribution in [0.1, 0.15) is 13.3 Å². The van der Waals surface area contributed by atoms with Crippen LogP contribution in [0, 0.1) is 10.1 Å². The zero-order valence-electron chi connectivity index (χ0n) is 13.4. The molecule has 0 aliphatic carbocycles.